The van der Waals surface area contributed by atoms with Crippen molar-refractivity contribution in [3.05, 3.63) is 29.6 Å². The van der Waals surface area contributed by atoms with Gasteiger partial charge in [-0.2, -0.15) is 4.98 Å². The Kier molecular flexibility index (Phi) is 1.92. The summed E-state index contributed by atoms with van der Waals surface area (Å²) >= 11 is 0. The third kappa shape index (κ3) is 1.32. The number of nitrogens with one attached hydrogen (secondary N) is 1. The van der Waals surface area contributed by atoms with E-state index in [1.54, 1.807) is 19.1 Å². The van der Waals surface area contributed by atoms with Crippen molar-refractivity contribution in [2.24, 2.45) is 0 Å². The maximum Gasteiger partial charge on any atom is 0.239 e. The number of H-pyrrole nitrogens is 1. The number of rotatable bonds is 1. The van der Waals surface area contributed by atoms with Crippen molar-refractivity contribution >= 4 is 5.95 Å². The number of aromatic amines is 1. The van der Waals surface area contributed by atoms with E-state index in [0.29, 0.717) is 11.4 Å². The van der Waals surface area contributed by atoms with Crippen LogP contribution in [0.3, 0.4) is 0 Å². The Bertz CT molecular complexity index is 443. The van der Waals surface area contributed by atoms with Gasteiger partial charge in [-0.05, 0) is 18.6 Å². The Morgan fingerprint density at radius 3 is 2.79 bits per heavy atom. The minimum Gasteiger partial charge on any atom is -0.366 e. The molecule has 0 fully saturated rings. The smallest absolute Gasteiger partial charge is 0.239 e. The molecule has 0 amide bonds. The van der Waals surface area contributed by atoms with Gasteiger partial charge in [-0.25, -0.2) is 4.39 Å². The molecule has 2 rings (SSSR count). The van der Waals surface area contributed by atoms with Crippen LogP contribution in [0.25, 0.3) is 11.4 Å². The van der Waals surface area contributed by atoms with Gasteiger partial charge in [-0.3, -0.25) is 5.10 Å². The summed E-state index contributed by atoms with van der Waals surface area (Å²) in [7, 11) is 0. The lowest BCUT2D eigenvalue weighted by molar-refractivity contribution is 0.629. The van der Waals surface area contributed by atoms with Gasteiger partial charge in [0.2, 0.25) is 5.95 Å². The average Bonchev–Trinajstić information content (AvgIpc) is 2.51. The van der Waals surface area contributed by atoms with Gasteiger partial charge < -0.3 is 5.73 Å². The van der Waals surface area contributed by atoms with Gasteiger partial charge in [-0.1, -0.05) is 12.1 Å². The van der Waals surface area contributed by atoms with E-state index in [4.69, 9.17) is 5.73 Å². The maximum absolute atomic E-state index is 13.4. The summed E-state index contributed by atoms with van der Waals surface area (Å²) in [6, 6.07) is 4.83. The lowest BCUT2D eigenvalue weighted by atomic mass is 10.1. The zero-order chi connectivity index (χ0) is 10.1. The molecule has 0 saturated carbocycles. The highest BCUT2D eigenvalue weighted by Gasteiger charge is 2.11. The van der Waals surface area contributed by atoms with Crippen molar-refractivity contribution in [2.45, 2.75) is 6.92 Å². The molecule has 0 aliphatic carbocycles. The first-order valence-electron chi connectivity index (χ1n) is 4.12. The molecule has 1 aromatic heterocycles. The van der Waals surface area contributed by atoms with E-state index in [9.17, 15) is 4.39 Å². The lowest BCUT2D eigenvalue weighted by Gasteiger charge is -2.02. The summed E-state index contributed by atoms with van der Waals surface area (Å²) in [5, 5.41) is 6.23. The molecule has 3 N–H and O–H groups in total. The number of nitrogens with zero attached hydrogens (tertiary/aromatic N) is 2. The van der Waals surface area contributed by atoms with Gasteiger partial charge in [0.15, 0.2) is 5.82 Å². The molecule has 1 aromatic carbocycles. The van der Waals surface area contributed by atoms with Crippen LogP contribution in [0.15, 0.2) is 18.2 Å². The van der Waals surface area contributed by atoms with Gasteiger partial charge in [0.1, 0.15) is 5.82 Å². The number of benzene rings is 1. The summed E-state index contributed by atoms with van der Waals surface area (Å²) in [4.78, 5) is 3.87. The molecule has 2 aromatic rings. The minimum absolute atomic E-state index is 0.114. The van der Waals surface area contributed by atoms with E-state index >= 15 is 0 Å². The van der Waals surface area contributed by atoms with Crippen molar-refractivity contribution in [1.82, 2.24) is 15.2 Å². The fraction of sp³-hybridized carbons (Fsp3) is 0.111. The van der Waals surface area contributed by atoms with Crippen LogP contribution in [0, 0.1) is 12.7 Å². The second-order valence-corrected chi connectivity index (χ2v) is 2.97. The second kappa shape index (κ2) is 3.10. The van der Waals surface area contributed by atoms with Crippen molar-refractivity contribution < 1.29 is 4.39 Å². The van der Waals surface area contributed by atoms with Crippen LogP contribution in [0.4, 0.5) is 10.3 Å². The van der Waals surface area contributed by atoms with Gasteiger partial charge in [0, 0.05) is 0 Å². The van der Waals surface area contributed by atoms with Crippen molar-refractivity contribution in [2.75, 3.05) is 5.73 Å². The molecule has 0 unspecified atom stereocenters. The van der Waals surface area contributed by atoms with Gasteiger partial charge in [0.05, 0.1) is 5.56 Å². The molecule has 0 bridgehead atoms. The number of nitrogens with two attached hydrogens (primary N) is 1. The molecule has 0 atom stereocenters. The van der Waals surface area contributed by atoms with Crippen LogP contribution in [0.2, 0.25) is 0 Å². The second-order valence-electron chi connectivity index (χ2n) is 2.97. The zero-order valence-corrected chi connectivity index (χ0v) is 7.58. The van der Waals surface area contributed by atoms with Crippen LogP contribution in [-0.4, -0.2) is 15.2 Å². The molecule has 0 aliphatic heterocycles. The number of aromatic nitrogens is 3. The molecule has 4 nitrogen and oxygen atoms in total. The van der Waals surface area contributed by atoms with E-state index in [1.807, 2.05) is 0 Å². The summed E-state index contributed by atoms with van der Waals surface area (Å²) in [6.45, 7) is 1.80. The van der Waals surface area contributed by atoms with Crippen molar-refractivity contribution in [1.29, 1.82) is 0 Å². The van der Waals surface area contributed by atoms with Gasteiger partial charge in [0.25, 0.3) is 0 Å². The van der Waals surface area contributed by atoms with Crippen LogP contribution in [0.5, 0.6) is 0 Å². The SMILES string of the molecule is Cc1cccc(F)c1-c1nc(N)n[nH]1. The average molecular weight is 192 g/mol. The summed E-state index contributed by atoms with van der Waals surface area (Å²) in [5.41, 5.74) is 6.55. The quantitative estimate of drug-likeness (QED) is 0.719. The number of anilines is 1. The van der Waals surface area contributed by atoms with Gasteiger partial charge in [-0.15, -0.1) is 5.10 Å². The molecule has 0 saturated heterocycles. The van der Waals surface area contributed by atoms with Crippen LogP contribution >= 0.6 is 0 Å². The highest BCUT2D eigenvalue weighted by Crippen LogP contribution is 2.22. The number of aryl methyl sites for hydroxylation is 1. The van der Waals surface area contributed by atoms with Crippen LogP contribution < -0.4 is 5.73 Å². The summed E-state index contributed by atoms with van der Waals surface area (Å²) in [5.74, 6) is 0.141. The fourth-order valence-corrected chi connectivity index (χ4v) is 1.32. The Morgan fingerprint density at radius 1 is 1.43 bits per heavy atom. The topological polar surface area (TPSA) is 67.6 Å². The predicted octanol–water partition coefficient (Wildman–Crippen LogP) is 1.50. The third-order valence-corrected chi connectivity index (χ3v) is 1.96. The molecule has 1 heterocycles. The minimum atomic E-state index is -0.332. The van der Waals surface area contributed by atoms with E-state index < -0.39 is 0 Å². The van der Waals surface area contributed by atoms with E-state index in [2.05, 4.69) is 15.2 Å². The monoisotopic (exact) mass is 192 g/mol. The first-order valence-corrected chi connectivity index (χ1v) is 4.12. The Balaban J connectivity index is 2.61. The highest BCUT2D eigenvalue weighted by atomic mass is 19.1. The fourth-order valence-electron chi connectivity index (χ4n) is 1.32. The number of hydrogen-bond acceptors (Lipinski definition) is 3. The first kappa shape index (κ1) is 8.68. The van der Waals surface area contributed by atoms with Crippen molar-refractivity contribution in [3.63, 3.8) is 0 Å². The van der Waals surface area contributed by atoms with Gasteiger partial charge >= 0.3 is 0 Å². The molecule has 0 spiro atoms. The molecular formula is C9H9FN4. The Hall–Kier alpha value is -1.91. The molecule has 72 valence electrons. The highest BCUT2D eigenvalue weighted by molar-refractivity contribution is 5.61. The Morgan fingerprint density at radius 2 is 2.21 bits per heavy atom. The third-order valence-electron chi connectivity index (χ3n) is 1.96. The largest absolute Gasteiger partial charge is 0.366 e. The molecule has 0 aliphatic rings. The number of halogens is 1. The van der Waals surface area contributed by atoms with E-state index in [-0.39, 0.29) is 11.8 Å². The normalized spacial score (nSPS) is 10.4. The van der Waals surface area contributed by atoms with Crippen LogP contribution in [-0.2, 0) is 0 Å². The summed E-state index contributed by atoms with van der Waals surface area (Å²) < 4.78 is 13.4. The summed E-state index contributed by atoms with van der Waals surface area (Å²) in [6.07, 6.45) is 0. The molecule has 14 heavy (non-hydrogen) atoms. The molecular weight excluding hydrogens is 183 g/mol. The molecule has 5 heteroatoms. The number of nitrogen functional groups attached to an aromatic ring is 1. The van der Waals surface area contributed by atoms with Crippen molar-refractivity contribution in [3.8, 4) is 11.4 Å². The van der Waals surface area contributed by atoms with Crippen LogP contribution in [0.1, 0.15) is 5.56 Å². The standard InChI is InChI=1S/C9H9FN4/c1-5-3-2-4-6(10)7(5)8-12-9(11)14-13-8/h2-4H,1H3,(H3,11,12,13,14). The lowest BCUT2D eigenvalue weighted by Crippen LogP contribution is -1.91. The first-order chi connectivity index (χ1) is 6.68. The maximum atomic E-state index is 13.4. The Labute approximate surface area is 80.0 Å². The van der Waals surface area contributed by atoms with E-state index in [1.165, 1.54) is 6.07 Å². The molecule has 0 radical (unpaired) electrons. The number of hydrogen-bond donors (Lipinski definition) is 2. The van der Waals surface area contributed by atoms with E-state index in [0.717, 1.165) is 5.56 Å². The zero-order valence-electron chi connectivity index (χ0n) is 7.58. The predicted molar refractivity (Wildman–Crippen MR) is 50.9 cm³/mol.